The number of hydrogen-bond donors (Lipinski definition) is 7. The van der Waals surface area contributed by atoms with Gasteiger partial charge in [-0.1, -0.05) is 102 Å². The van der Waals surface area contributed by atoms with Crippen LogP contribution in [0.4, 0.5) is 5.69 Å². The summed E-state index contributed by atoms with van der Waals surface area (Å²) in [7, 11) is 0. The third kappa shape index (κ3) is 10.9. The number of rotatable bonds is 13. The molecule has 1 aliphatic rings. The minimum Gasteiger partial charge on any atom is -0.359 e. The Morgan fingerprint density at radius 2 is 1.12 bits per heavy atom. The molecule has 17 nitrogen and oxygen atoms in total. The second-order valence-electron chi connectivity index (χ2n) is 15.9. The third-order valence-electron chi connectivity index (χ3n) is 11.5. The van der Waals surface area contributed by atoms with Crippen LogP contribution in [0.15, 0.2) is 143 Å². The Hall–Kier alpha value is -8.41. The van der Waals surface area contributed by atoms with E-state index in [2.05, 4.69) is 55.1 Å². The van der Waals surface area contributed by atoms with Crippen LogP contribution in [0.5, 0.6) is 0 Å². The lowest BCUT2D eigenvalue weighted by atomic mass is 9.88. The van der Waals surface area contributed by atoms with Gasteiger partial charge in [0.15, 0.2) is 22.9 Å². The van der Waals surface area contributed by atoms with Gasteiger partial charge in [0.1, 0.15) is 0 Å². The molecule has 0 spiro atoms. The molecule has 1 saturated carbocycles. The molecule has 1 aliphatic carbocycles. The van der Waals surface area contributed by atoms with Crippen LogP contribution < -0.4 is 26.9 Å². The van der Waals surface area contributed by atoms with Crippen molar-refractivity contribution in [3.63, 3.8) is 0 Å². The predicted octanol–water partition coefficient (Wildman–Crippen LogP) is 7.79. The molecular formula is C50H46N8O9. The van der Waals surface area contributed by atoms with Gasteiger partial charge in [0, 0.05) is 75.3 Å². The summed E-state index contributed by atoms with van der Waals surface area (Å²) < 4.78 is 13.0. The van der Waals surface area contributed by atoms with Gasteiger partial charge in [0.05, 0.1) is 6.54 Å². The standard InChI is InChI=1S/C25H26N4O5.C25H20N4O4/c30-23(17-5-2-1-3-6-17)27-20-8-4-7-19(13-20)22-14-21(29-34-22)25(32)26-15-16-9-11-18(12-10-16)24(31)28-33;30-24(27-32)17-11-9-16(10-12-17)14-26-25(31)21-13-18(33-28-21)15-29-22-7-3-1-5-19(22)20-6-2-4-8-23(20)29/h4,7-14,17,33H,1-3,5-6,15H2,(H,26,32)(H,27,30)(H,28,31);1-13,32H,14-15H2,(H,26,31)(H,27,30). The van der Waals surface area contributed by atoms with Crippen LogP contribution >= 0.6 is 0 Å². The van der Waals surface area contributed by atoms with E-state index in [1.54, 1.807) is 77.7 Å². The van der Waals surface area contributed by atoms with Crippen molar-refractivity contribution >= 4 is 57.0 Å². The van der Waals surface area contributed by atoms with Gasteiger partial charge < -0.3 is 29.6 Å². The van der Waals surface area contributed by atoms with Crippen molar-refractivity contribution in [1.29, 1.82) is 0 Å². The number of aromatic nitrogens is 3. The van der Waals surface area contributed by atoms with Gasteiger partial charge in [-0.05, 0) is 72.5 Å². The van der Waals surface area contributed by atoms with Crippen molar-refractivity contribution in [2.45, 2.75) is 51.7 Å². The van der Waals surface area contributed by atoms with E-state index in [9.17, 15) is 24.0 Å². The summed E-state index contributed by atoms with van der Waals surface area (Å²) in [5, 5.41) is 36.0. The van der Waals surface area contributed by atoms with Gasteiger partial charge in [-0.2, -0.15) is 0 Å². The summed E-state index contributed by atoms with van der Waals surface area (Å²) in [5.74, 6) is -0.879. The highest BCUT2D eigenvalue weighted by atomic mass is 16.5. The van der Waals surface area contributed by atoms with Crippen LogP contribution in [0.25, 0.3) is 33.1 Å². The molecule has 3 aromatic heterocycles. The monoisotopic (exact) mass is 902 g/mol. The average molecular weight is 903 g/mol. The highest BCUT2D eigenvalue weighted by Gasteiger charge is 2.22. The molecule has 9 rings (SSSR count). The summed E-state index contributed by atoms with van der Waals surface area (Å²) in [6.07, 6.45) is 5.22. The Balaban J connectivity index is 0.000000182. The van der Waals surface area contributed by atoms with E-state index >= 15 is 0 Å². The lowest BCUT2D eigenvalue weighted by Gasteiger charge is -2.20. The van der Waals surface area contributed by atoms with Crippen LogP contribution in [-0.4, -0.2) is 54.8 Å². The quantitative estimate of drug-likeness (QED) is 0.0435. The van der Waals surface area contributed by atoms with Crippen molar-refractivity contribution in [2.75, 3.05) is 5.32 Å². The molecule has 3 heterocycles. The molecule has 8 aromatic rings. The van der Waals surface area contributed by atoms with Gasteiger partial charge >= 0.3 is 0 Å². The maximum Gasteiger partial charge on any atom is 0.274 e. The molecule has 5 amide bonds. The zero-order chi connectivity index (χ0) is 46.7. The normalized spacial score (nSPS) is 12.4. The molecule has 0 unspecified atom stereocenters. The van der Waals surface area contributed by atoms with E-state index in [1.165, 1.54) is 6.42 Å². The molecule has 17 heteroatoms. The highest BCUT2D eigenvalue weighted by molar-refractivity contribution is 6.08. The number of carbonyl (C=O) groups excluding carboxylic acids is 5. The molecular weight excluding hydrogens is 857 g/mol. The van der Waals surface area contributed by atoms with Gasteiger partial charge in [0.25, 0.3) is 23.6 Å². The summed E-state index contributed by atoms with van der Waals surface area (Å²) in [6, 6.07) is 39.8. The van der Waals surface area contributed by atoms with E-state index in [4.69, 9.17) is 19.5 Å². The zero-order valence-corrected chi connectivity index (χ0v) is 36.0. The number of fused-ring (bicyclic) bond motifs is 3. The number of anilines is 1. The SMILES string of the molecule is O=C(NO)c1ccc(CNC(=O)c2cc(-c3cccc(NC(=O)C4CCCCC4)c3)on2)cc1.O=C(NO)c1ccc(CNC(=O)c2cc(Cn3c4ccccc4c4ccccc43)on2)cc1. The summed E-state index contributed by atoms with van der Waals surface area (Å²) in [4.78, 5) is 60.3. The fourth-order valence-electron chi connectivity index (χ4n) is 7.92. The molecule has 7 N–H and O–H groups in total. The van der Waals surface area contributed by atoms with Crippen molar-refractivity contribution in [3.8, 4) is 11.3 Å². The number of benzene rings is 5. The van der Waals surface area contributed by atoms with E-state index in [0.29, 0.717) is 40.4 Å². The smallest absolute Gasteiger partial charge is 0.274 e. The van der Waals surface area contributed by atoms with Crippen LogP contribution in [0.1, 0.15) is 90.7 Å². The van der Waals surface area contributed by atoms with Crippen molar-refractivity contribution < 1.29 is 43.4 Å². The summed E-state index contributed by atoms with van der Waals surface area (Å²) >= 11 is 0. The van der Waals surface area contributed by atoms with Crippen LogP contribution in [0, 0.1) is 5.92 Å². The highest BCUT2D eigenvalue weighted by Crippen LogP contribution is 2.30. The van der Waals surface area contributed by atoms with Crippen molar-refractivity contribution in [1.82, 2.24) is 36.5 Å². The minimum atomic E-state index is -0.608. The van der Waals surface area contributed by atoms with Crippen LogP contribution in [0.2, 0.25) is 0 Å². The minimum absolute atomic E-state index is 0.0412. The number of para-hydroxylation sites is 2. The lowest BCUT2D eigenvalue weighted by Crippen LogP contribution is -2.24. The first-order valence-electron chi connectivity index (χ1n) is 21.6. The molecule has 0 saturated heterocycles. The number of hydroxylamine groups is 2. The molecule has 0 radical (unpaired) electrons. The Labute approximate surface area is 383 Å². The first-order valence-corrected chi connectivity index (χ1v) is 21.6. The third-order valence-corrected chi connectivity index (χ3v) is 11.5. The number of nitrogens with zero attached hydrogens (tertiary/aromatic N) is 3. The fraction of sp³-hybridized carbons (Fsp3) is 0.180. The van der Waals surface area contributed by atoms with Gasteiger partial charge in [-0.3, -0.25) is 34.4 Å². The van der Waals surface area contributed by atoms with Crippen molar-refractivity contribution in [2.24, 2.45) is 5.92 Å². The Kier molecular flexibility index (Phi) is 14.2. The summed E-state index contributed by atoms with van der Waals surface area (Å²) in [6.45, 7) is 0.933. The topological polar surface area (TPSA) is 243 Å². The molecule has 340 valence electrons. The van der Waals surface area contributed by atoms with E-state index in [0.717, 1.165) is 58.6 Å². The second-order valence-corrected chi connectivity index (χ2v) is 15.9. The largest absolute Gasteiger partial charge is 0.359 e. The average Bonchev–Trinajstić information content (AvgIpc) is 4.15. The molecule has 0 atom stereocenters. The van der Waals surface area contributed by atoms with E-state index < -0.39 is 17.7 Å². The van der Waals surface area contributed by atoms with E-state index in [1.807, 2.05) is 42.5 Å². The second kappa shape index (κ2) is 21.1. The maximum atomic E-state index is 12.5. The first-order chi connectivity index (χ1) is 32.7. The summed E-state index contributed by atoms with van der Waals surface area (Å²) in [5.41, 5.74) is 9.20. The Bertz CT molecular complexity index is 2990. The predicted molar refractivity (Wildman–Crippen MR) is 246 cm³/mol. The van der Waals surface area contributed by atoms with E-state index in [-0.39, 0.29) is 42.2 Å². The Morgan fingerprint density at radius 3 is 1.69 bits per heavy atom. The van der Waals surface area contributed by atoms with Gasteiger partial charge in [0.2, 0.25) is 5.91 Å². The lowest BCUT2D eigenvalue weighted by molar-refractivity contribution is -0.120. The zero-order valence-electron chi connectivity index (χ0n) is 36.0. The number of nitrogens with one attached hydrogen (secondary N) is 5. The molecule has 0 bridgehead atoms. The first kappa shape index (κ1) is 45.2. The van der Waals surface area contributed by atoms with Crippen LogP contribution in [-0.2, 0) is 24.4 Å². The number of amides is 5. The number of carbonyl (C=O) groups is 5. The van der Waals surface area contributed by atoms with Crippen LogP contribution in [0.3, 0.4) is 0 Å². The number of hydrogen-bond acceptors (Lipinski definition) is 11. The molecule has 5 aromatic carbocycles. The Morgan fingerprint density at radius 1 is 0.582 bits per heavy atom. The maximum absolute atomic E-state index is 12.5. The molecule has 1 fully saturated rings. The van der Waals surface area contributed by atoms with Gasteiger partial charge in [-0.15, -0.1) is 0 Å². The van der Waals surface area contributed by atoms with Crippen molar-refractivity contribution in [3.05, 3.63) is 173 Å². The fourth-order valence-corrected chi connectivity index (χ4v) is 7.92. The molecule has 67 heavy (non-hydrogen) atoms. The molecule has 0 aliphatic heterocycles. The van der Waals surface area contributed by atoms with Gasteiger partial charge in [-0.25, -0.2) is 11.0 Å².